The molecule has 5 heteroatoms. The van der Waals surface area contributed by atoms with Crippen molar-refractivity contribution < 1.29 is 14.3 Å². The number of hydrogen-bond donors (Lipinski definition) is 2. The highest BCUT2D eigenvalue weighted by Crippen LogP contribution is 2.35. The maximum Gasteiger partial charge on any atom is 0.326 e. The van der Waals surface area contributed by atoms with Crippen LogP contribution in [0, 0.1) is 15.3 Å². The lowest BCUT2D eigenvalue weighted by molar-refractivity contribution is -0.138. The van der Waals surface area contributed by atoms with Gasteiger partial charge in [0, 0.05) is 9.26 Å². The van der Waals surface area contributed by atoms with Crippen LogP contribution in [0.2, 0.25) is 0 Å². The third kappa shape index (κ3) is 2.63. The van der Waals surface area contributed by atoms with Crippen LogP contribution in [0.3, 0.4) is 0 Å². The average molecular weight is 335 g/mol. The van der Waals surface area contributed by atoms with Gasteiger partial charge in [-0.3, -0.25) is 0 Å². The molecule has 1 aliphatic rings. The summed E-state index contributed by atoms with van der Waals surface area (Å²) in [5, 5.41) is 12.0. The van der Waals surface area contributed by atoms with Crippen LogP contribution in [-0.2, 0) is 4.79 Å². The maximum absolute atomic E-state index is 12.9. The Labute approximate surface area is 106 Å². The van der Waals surface area contributed by atoms with Gasteiger partial charge in [0.05, 0.1) is 0 Å². The second-order valence-corrected chi connectivity index (χ2v) is 5.08. The minimum Gasteiger partial charge on any atom is -0.480 e. The van der Waals surface area contributed by atoms with E-state index in [9.17, 15) is 9.18 Å². The highest BCUT2D eigenvalue weighted by atomic mass is 127. The second-order valence-electron chi connectivity index (χ2n) is 3.92. The minimum absolute atomic E-state index is 0.207. The summed E-state index contributed by atoms with van der Waals surface area (Å²) in [6.07, 6.45) is 1.89. The van der Waals surface area contributed by atoms with Gasteiger partial charge in [-0.15, -0.1) is 0 Å². The lowest BCUT2D eigenvalue weighted by Crippen LogP contribution is -2.31. The van der Waals surface area contributed by atoms with Crippen molar-refractivity contribution in [2.75, 3.05) is 5.32 Å². The first-order valence-electron chi connectivity index (χ1n) is 5.02. The summed E-state index contributed by atoms with van der Waals surface area (Å²) in [5.41, 5.74) is 0.682. The van der Waals surface area contributed by atoms with Gasteiger partial charge in [-0.05, 0) is 59.5 Å². The Balaban J connectivity index is 2.15. The monoisotopic (exact) mass is 335 g/mol. The van der Waals surface area contributed by atoms with Gasteiger partial charge in [0.1, 0.15) is 11.9 Å². The Morgan fingerprint density at radius 2 is 2.25 bits per heavy atom. The fraction of sp³-hybridized carbons (Fsp3) is 0.364. The van der Waals surface area contributed by atoms with Gasteiger partial charge in [-0.2, -0.15) is 0 Å². The molecule has 16 heavy (non-hydrogen) atoms. The molecule has 0 saturated heterocycles. The summed E-state index contributed by atoms with van der Waals surface area (Å²) in [4.78, 5) is 11.0. The molecule has 0 aliphatic heterocycles. The van der Waals surface area contributed by atoms with Gasteiger partial charge in [0.15, 0.2) is 0 Å². The molecular weight excluding hydrogens is 324 g/mol. The fourth-order valence-corrected chi connectivity index (χ4v) is 2.22. The highest BCUT2D eigenvalue weighted by Gasteiger charge is 2.36. The number of anilines is 1. The molecule has 3 nitrogen and oxygen atoms in total. The topological polar surface area (TPSA) is 49.3 Å². The Hall–Kier alpha value is -0.850. The van der Waals surface area contributed by atoms with Crippen molar-refractivity contribution in [1.82, 2.24) is 0 Å². The largest absolute Gasteiger partial charge is 0.480 e. The molecule has 1 atom stereocenters. The molecule has 1 aromatic carbocycles. The molecule has 1 fully saturated rings. The van der Waals surface area contributed by atoms with Crippen LogP contribution in [-0.4, -0.2) is 17.1 Å². The van der Waals surface area contributed by atoms with E-state index in [0.717, 1.165) is 12.8 Å². The highest BCUT2D eigenvalue weighted by molar-refractivity contribution is 14.1. The van der Waals surface area contributed by atoms with Crippen molar-refractivity contribution in [2.24, 2.45) is 5.92 Å². The summed E-state index contributed by atoms with van der Waals surface area (Å²) < 4.78 is 13.6. The standard InChI is InChI=1S/C11H11FINO2/c12-7-3-4-9(8(13)5-7)14-10(11(15)16)6-1-2-6/h3-6,10,14H,1-2H2,(H,15,16). The van der Waals surface area contributed by atoms with Crippen molar-refractivity contribution in [3.8, 4) is 0 Å². The number of rotatable bonds is 4. The van der Waals surface area contributed by atoms with Crippen molar-refractivity contribution in [3.05, 3.63) is 27.6 Å². The van der Waals surface area contributed by atoms with Crippen LogP contribution in [0.15, 0.2) is 18.2 Å². The maximum atomic E-state index is 12.9. The van der Waals surface area contributed by atoms with Gasteiger partial charge in [-0.25, -0.2) is 9.18 Å². The zero-order valence-corrected chi connectivity index (χ0v) is 10.6. The number of aliphatic carboxylic acids is 1. The molecule has 86 valence electrons. The molecule has 0 heterocycles. The second kappa shape index (κ2) is 4.57. The molecule has 1 unspecified atom stereocenters. The van der Waals surface area contributed by atoms with Gasteiger partial charge in [0.2, 0.25) is 0 Å². The molecule has 2 N–H and O–H groups in total. The smallest absolute Gasteiger partial charge is 0.326 e. The fourth-order valence-electron chi connectivity index (χ4n) is 1.58. The number of nitrogens with one attached hydrogen (secondary N) is 1. The predicted octanol–water partition coefficient (Wildman–Crippen LogP) is 2.71. The van der Waals surface area contributed by atoms with Crippen LogP contribution in [0.25, 0.3) is 0 Å². The summed E-state index contributed by atoms with van der Waals surface area (Å²) in [5.74, 6) is -0.950. The summed E-state index contributed by atoms with van der Waals surface area (Å²) in [6, 6.07) is 3.74. The van der Waals surface area contributed by atoms with Gasteiger partial charge >= 0.3 is 5.97 Å². The minimum atomic E-state index is -0.845. The molecule has 0 bridgehead atoms. The van der Waals surface area contributed by atoms with E-state index in [0.29, 0.717) is 9.26 Å². The van der Waals surface area contributed by atoms with E-state index in [-0.39, 0.29) is 11.7 Å². The van der Waals surface area contributed by atoms with E-state index in [4.69, 9.17) is 5.11 Å². The molecule has 2 rings (SSSR count). The molecule has 1 saturated carbocycles. The predicted molar refractivity (Wildman–Crippen MR) is 66.9 cm³/mol. The van der Waals surface area contributed by atoms with E-state index in [1.807, 2.05) is 22.6 Å². The Morgan fingerprint density at radius 3 is 2.75 bits per heavy atom. The lowest BCUT2D eigenvalue weighted by Gasteiger charge is -2.16. The molecule has 0 radical (unpaired) electrons. The van der Waals surface area contributed by atoms with E-state index < -0.39 is 12.0 Å². The summed E-state index contributed by atoms with van der Waals surface area (Å²) in [6.45, 7) is 0. The molecule has 1 aromatic rings. The molecule has 0 aromatic heterocycles. The third-order valence-electron chi connectivity index (χ3n) is 2.60. The van der Waals surface area contributed by atoms with E-state index >= 15 is 0 Å². The Kier molecular flexibility index (Phi) is 3.32. The number of carboxylic acid groups (broad SMARTS) is 1. The first-order chi connectivity index (χ1) is 7.58. The van der Waals surface area contributed by atoms with Crippen LogP contribution in [0.4, 0.5) is 10.1 Å². The van der Waals surface area contributed by atoms with Crippen LogP contribution < -0.4 is 5.32 Å². The summed E-state index contributed by atoms with van der Waals surface area (Å²) >= 11 is 1.99. The zero-order chi connectivity index (χ0) is 11.7. The van der Waals surface area contributed by atoms with Crippen LogP contribution >= 0.6 is 22.6 Å². The van der Waals surface area contributed by atoms with E-state index in [1.54, 1.807) is 6.07 Å². The van der Waals surface area contributed by atoms with E-state index in [2.05, 4.69) is 5.32 Å². The van der Waals surface area contributed by atoms with E-state index in [1.165, 1.54) is 12.1 Å². The van der Waals surface area contributed by atoms with Crippen molar-refractivity contribution >= 4 is 34.2 Å². The third-order valence-corrected chi connectivity index (χ3v) is 3.49. The Morgan fingerprint density at radius 1 is 1.56 bits per heavy atom. The molecule has 0 amide bonds. The van der Waals surface area contributed by atoms with Gasteiger partial charge in [0.25, 0.3) is 0 Å². The van der Waals surface area contributed by atoms with Gasteiger partial charge in [-0.1, -0.05) is 0 Å². The molecular formula is C11H11FINO2. The van der Waals surface area contributed by atoms with Crippen molar-refractivity contribution in [3.63, 3.8) is 0 Å². The quantitative estimate of drug-likeness (QED) is 0.832. The lowest BCUT2D eigenvalue weighted by atomic mass is 10.1. The first-order valence-corrected chi connectivity index (χ1v) is 6.10. The first kappa shape index (κ1) is 11.6. The number of carbonyl (C=O) groups is 1. The normalized spacial score (nSPS) is 16.9. The van der Waals surface area contributed by atoms with Crippen molar-refractivity contribution in [2.45, 2.75) is 18.9 Å². The number of benzene rings is 1. The van der Waals surface area contributed by atoms with Crippen LogP contribution in [0.1, 0.15) is 12.8 Å². The number of carboxylic acids is 1. The zero-order valence-electron chi connectivity index (χ0n) is 8.41. The Bertz CT molecular complexity index is 420. The SMILES string of the molecule is O=C(O)C(Nc1ccc(F)cc1I)C1CC1. The van der Waals surface area contributed by atoms with Gasteiger partial charge < -0.3 is 10.4 Å². The summed E-state index contributed by atoms with van der Waals surface area (Å²) in [7, 11) is 0. The number of hydrogen-bond acceptors (Lipinski definition) is 2. The van der Waals surface area contributed by atoms with Crippen LogP contribution in [0.5, 0.6) is 0 Å². The van der Waals surface area contributed by atoms with Crippen molar-refractivity contribution in [1.29, 1.82) is 0 Å². The number of halogens is 2. The average Bonchev–Trinajstić information content (AvgIpc) is 2.99. The molecule has 0 spiro atoms. The molecule has 1 aliphatic carbocycles.